The van der Waals surface area contributed by atoms with Gasteiger partial charge in [0.25, 0.3) is 5.56 Å². The zero-order valence-electron chi connectivity index (χ0n) is 11.5. The normalized spacial score (nSPS) is 20.6. The largest absolute Gasteiger partial charge is 0.377 e. The van der Waals surface area contributed by atoms with E-state index >= 15 is 0 Å². The molecule has 3 heterocycles. The van der Waals surface area contributed by atoms with E-state index in [1.54, 1.807) is 16.7 Å². The van der Waals surface area contributed by atoms with Crippen LogP contribution in [0.3, 0.4) is 0 Å². The molecule has 0 radical (unpaired) electrons. The monoisotopic (exact) mass is 293 g/mol. The number of hydrogen-bond donors (Lipinski definition) is 1. The lowest BCUT2D eigenvalue weighted by molar-refractivity contribution is 0.0763. The Morgan fingerprint density at radius 1 is 1.65 bits per heavy atom. The SMILES string of the molecule is CCC(NCc1cc(=O)n2ccsc2n1)C1CCCO1. The summed E-state index contributed by atoms with van der Waals surface area (Å²) in [6.07, 6.45) is 5.33. The number of aromatic nitrogens is 2. The van der Waals surface area contributed by atoms with Gasteiger partial charge in [-0.15, -0.1) is 11.3 Å². The molecular weight excluding hydrogens is 274 g/mol. The van der Waals surface area contributed by atoms with Crippen molar-refractivity contribution >= 4 is 16.3 Å². The van der Waals surface area contributed by atoms with E-state index in [9.17, 15) is 4.79 Å². The van der Waals surface area contributed by atoms with Crippen molar-refractivity contribution < 1.29 is 4.74 Å². The van der Waals surface area contributed by atoms with Crippen LogP contribution in [-0.2, 0) is 11.3 Å². The number of rotatable bonds is 5. The molecule has 1 saturated heterocycles. The Hall–Kier alpha value is -1.24. The van der Waals surface area contributed by atoms with Crippen LogP contribution in [0.2, 0.25) is 0 Å². The lowest BCUT2D eigenvalue weighted by Gasteiger charge is -2.22. The summed E-state index contributed by atoms with van der Waals surface area (Å²) in [6, 6.07) is 1.94. The lowest BCUT2D eigenvalue weighted by atomic mass is 10.1. The third-order valence-corrected chi connectivity index (χ3v) is 4.51. The Bertz CT molecular complexity index is 631. The minimum Gasteiger partial charge on any atom is -0.377 e. The summed E-state index contributed by atoms with van der Waals surface area (Å²) < 4.78 is 7.30. The number of ether oxygens (including phenoxy) is 1. The maximum atomic E-state index is 11.9. The van der Waals surface area contributed by atoms with Gasteiger partial charge in [0, 0.05) is 36.8 Å². The molecular formula is C14H19N3O2S. The molecule has 0 aliphatic carbocycles. The molecule has 1 aliphatic heterocycles. The van der Waals surface area contributed by atoms with Gasteiger partial charge < -0.3 is 10.1 Å². The average Bonchev–Trinajstić information content (AvgIpc) is 3.10. The van der Waals surface area contributed by atoms with E-state index in [1.807, 2.05) is 5.38 Å². The molecule has 0 spiro atoms. The van der Waals surface area contributed by atoms with Crippen molar-refractivity contribution in [1.82, 2.24) is 14.7 Å². The summed E-state index contributed by atoms with van der Waals surface area (Å²) in [5, 5.41) is 5.36. The molecule has 0 bridgehead atoms. The van der Waals surface area contributed by atoms with E-state index in [2.05, 4.69) is 17.2 Å². The molecule has 0 saturated carbocycles. The third kappa shape index (κ3) is 2.77. The van der Waals surface area contributed by atoms with E-state index in [4.69, 9.17) is 4.74 Å². The first kappa shape index (κ1) is 13.7. The third-order valence-electron chi connectivity index (χ3n) is 3.76. The van der Waals surface area contributed by atoms with E-state index in [0.717, 1.165) is 36.5 Å². The van der Waals surface area contributed by atoms with E-state index < -0.39 is 0 Å². The molecule has 1 fully saturated rings. The maximum absolute atomic E-state index is 11.9. The van der Waals surface area contributed by atoms with Crippen molar-refractivity contribution in [2.24, 2.45) is 0 Å². The molecule has 2 atom stereocenters. The van der Waals surface area contributed by atoms with Crippen LogP contribution < -0.4 is 10.9 Å². The second-order valence-corrected chi connectivity index (χ2v) is 5.96. The van der Waals surface area contributed by atoms with Crippen LogP contribution in [0.5, 0.6) is 0 Å². The Morgan fingerprint density at radius 2 is 2.55 bits per heavy atom. The minimum absolute atomic E-state index is 0.0155. The van der Waals surface area contributed by atoms with Crippen LogP contribution in [0.1, 0.15) is 31.9 Å². The van der Waals surface area contributed by atoms with Gasteiger partial charge in [-0.25, -0.2) is 4.98 Å². The Kier molecular flexibility index (Phi) is 4.14. The van der Waals surface area contributed by atoms with Gasteiger partial charge in [0.1, 0.15) is 0 Å². The summed E-state index contributed by atoms with van der Waals surface area (Å²) in [5.74, 6) is 0. The molecule has 1 N–H and O–H groups in total. The van der Waals surface area contributed by atoms with Crippen molar-refractivity contribution in [2.75, 3.05) is 6.61 Å². The van der Waals surface area contributed by atoms with Crippen molar-refractivity contribution in [3.05, 3.63) is 33.7 Å². The summed E-state index contributed by atoms with van der Waals surface area (Å²) in [4.78, 5) is 17.2. The number of thiazole rings is 1. The van der Waals surface area contributed by atoms with Gasteiger partial charge in [0.15, 0.2) is 4.96 Å². The standard InChI is InChI=1S/C14H19N3O2S/c1-2-11(12-4-3-6-19-12)15-9-10-8-13(18)17-5-7-20-14(17)16-10/h5,7-8,11-12,15H,2-4,6,9H2,1H3. The van der Waals surface area contributed by atoms with E-state index in [0.29, 0.717) is 18.7 Å². The highest BCUT2D eigenvalue weighted by Crippen LogP contribution is 2.17. The molecule has 2 aromatic rings. The number of fused-ring (bicyclic) bond motifs is 1. The van der Waals surface area contributed by atoms with Crippen LogP contribution in [-0.4, -0.2) is 28.1 Å². The molecule has 2 unspecified atom stereocenters. The van der Waals surface area contributed by atoms with E-state index in [-0.39, 0.29) is 5.56 Å². The van der Waals surface area contributed by atoms with Gasteiger partial charge >= 0.3 is 0 Å². The summed E-state index contributed by atoms with van der Waals surface area (Å²) in [5.41, 5.74) is 0.784. The van der Waals surface area contributed by atoms with E-state index in [1.165, 1.54) is 11.3 Å². The van der Waals surface area contributed by atoms with Crippen LogP contribution in [0.4, 0.5) is 0 Å². The fraction of sp³-hybridized carbons (Fsp3) is 0.571. The van der Waals surface area contributed by atoms with Gasteiger partial charge in [-0.05, 0) is 19.3 Å². The fourth-order valence-corrected chi connectivity index (χ4v) is 3.41. The van der Waals surface area contributed by atoms with Crippen molar-refractivity contribution in [3.8, 4) is 0 Å². The number of hydrogen-bond acceptors (Lipinski definition) is 5. The van der Waals surface area contributed by atoms with Crippen molar-refractivity contribution in [2.45, 2.75) is 44.9 Å². The number of nitrogens with zero attached hydrogens (tertiary/aromatic N) is 2. The Labute approximate surface area is 121 Å². The first-order valence-corrected chi connectivity index (χ1v) is 7.96. The van der Waals surface area contributed by atoms with Crippen molar-refractivity contribution in [1.29, 1.82) is 0 Å². The zero-order valence-corrected chi connectivity index (χ0v) is 12.4. The molecule has 6 heteroatoms. The fourth-order valence-electron chi connectivity index (χ4n) is 2.67. The molecule has 2 aromatic heterocycles. The maximum Gasteiger partial charge on any atom is 0.258 e. The minimum atomic E-state index is -0.0155. The second-order valence-electron chi connectivity index (χ2n) is 5.09. The summed E-state index contributed by atoms with van der Waals surface area (Å²) in [7, 11) is 0. The Morgan fingerprint density at radius 3 is 3.30 bits per heavy atom. The lowest BCUT2D eigenvalue weighted by Crippen LogP contribution is -2.39. The average molecular weight is 293 g/mol. The highest BCUT2D eigenvalue weighted by Gasteiger charge is 2.24. The van der Waals surface area contributed by atoms with Gasteiger partial charge in [-0.3, -0.25) is 9.20 Å². The van der Waals surface area contributed by atoms with Crippen LogP contribution in [0, 0.1) is 0 Å². The smallest absolute Gasteiger partial charge is 0.258 e. The van der Waals surface area contributed by atoms with Crippen LogP contribution in [0.25, 0.3) is 4.96 Å². The molecule has 5 nitrogen and oxygen atoms in total. The van der Waals surface area contributed by atoms with Crippen LogP contribution >= 0.6 is 11.3 Å². The zero-order chi connectivity index (χ0) is 13.9. The van der Waals surface area contributed by atoms with Gasteiger partial charge in [0.05, 0.1) is 11.8 Å². The molecule has 0 aromatic carbocycles. The number of nitrogens with one attached hydrogen (secondary N) is 1. The molecule has 1 aliphatic rings. The molecule has 108 valence electrons. The molecule has 0 amide bonds. The predicted octanol–water partition coefficient (Wildman–Crippen LogP) is 1.80. The predicted molar refractivity (Wildman–Crippen MR) is 79.2 cm³/mol. The van der Waals surface area contributed by atoms with Crippen LogP contribution in [0.15, 0.2) is 22.4 Å². The summed E-state index contributed by atoms with van der Waals surface area (Å²) >= 11 is 1.48. The van der Waals surface area contributed by atoms with Crippen molar-refractivity contribution in [3.63, 3.8) is 0 Å². The quantitative estimate of drug-likeness (QED) is 0.913. The molecule has 20 heavy (non-hydrogen) atoms. The Balaban J connectivity index is 1.70. The van der Waals surface area contributed by atoms with Gasteiger partial charge in [-0.1, -0.05) is 6.92 Å². The molecule has 3 rings (SSSR count). The van der Waals surface area contributed by atoms with Gasteiger partial charge in [0.2, 0.25) is 0 Å². The highest BCUT2D eigenvalue weighted by molar-refractivity contribution is 7.15. The second kappa shape index (κ2) is 6.03. The first-order chi connectivity index (χ1) is 9.78. The summed E-state index contributed by atoms with van der Waals surface area (Å²) in [6.45, 7) is 3.63. The first-order valence-electron chi connectivity index (χ1n) is 7.08. The van der Waals surface area contributed by atoms with Gasteiger partial charge in [-0.2, -0.15) is 0 Å². The topological polar surface area (TPSA) is 55.6 Å². The highest BCUT2D eigenvalue weighted by atomic mass is 32.1.